The third-order valence-electron chi connectivity index (χ3n) is 5.64. The molecule has 1 amide bonds. The molecule has 0 N–H and O–H groups in total. The van der Waals surface area contributed by atoms with Crippen LogP contribution in [0.2, 0.25) is 0 Å². The molecule has 0 bridgehead atoms. The van der Waals surface area contributed by atoms with Gasteiger partial charge in [-0.25, -0.2) is 0 Å². The molecule has 0 atom stereocenters. The Kier molecular flexibility index (Phi) is 6.47. The number of amides is 1. The quantitative estimate of drug-likeness (QED) is 0.557. The summed E-state index contributed by atoms with van der Waals surface area (Å²) >= 11 is 1.45. The lowest BCUT2D eigenvalue weighted by Crippen LogP contribution is -2.38. The summed E-state index contributed by atoms with van der Waals surface area (Å²) in [7, 11) is 0. The van der Waals surface area contributed by atoms with Crippen LogP contribution < -0.4 is 0 Å². The second kappa shape index (κ2) is 9.43. The van der Waals surface area contributed by atoms with Gasteiger partial charge in [-0.05, 0) is 55.0 Å². The van der Waals surface area contributed by atoms with Crippen LogP contribution in [0.3, 0.4) is 0 Å². The Morgan fingerprint density at radius 1 is 1.07 bits per heavy atom. The Morgan fingerprint density at radius 2 is 1.77 bits per heavy atom. The van der Waals surface area contributed by atoms with Gasteiger partial charge in [-0.1, -0.05) is 37.7 Å². The van der Waals surface area contributed by atoms with Gasteiger partial charge in [0.05, 0.1) is 5.75 Å². The van der Waals surface area contributed by atoms with E-state index in [0.717, 1.165) is 54.6 Å². The van der Waals surface area contributed by atoms with E-state index in [9.17, 15) is 4.79 Å². The number of aryl methyl sites for hydroxylation is 1. The molecule has 3 aromatic rings. The molecule has 6 nitrogen and oxygen atoms in total. The van der Waals surface area contributed by atoms with E-state index in [1.165, 1.54) is 17.3 Å². The summed E-state index contributed by atoms with van der Waals surface area (Å²) in [5.74, 6) is 2.01. The molecule has 1 saturated heterocycles. The van der Waals surface area contributed by atoms with Crippen LogP contribution in [0.1, 0.15) is 32.3 Å². The average molecular weight is 422 g/mol. The van der Waals surface area contributed by atoms with Gasteiger partial charge in [0.1, 0.15) is 0 Å². The average Bonchev–Trinajstić information content (AvgIpc) is 3.22. The van der Waals surface area contributed by atoms with E-state index in [0.29, 0.717) is 11.7 Å². The maximum Gasteiger partial charge on any atom is 0.233 e. The lowest BCUT2D eigenvalue weighted by molar-refractivity contribution is -0.129. The van der Waals surface area contributed by atoms with E-state index in [2.05, 4.69) is 53.3 Å². The highest BCUT2D eigenvalue weighted by Crippen LogP contribution is 2.28. The van der Waals surface area contributed by atoms with Crippen molar-refractivity contribution in [1.82, 2.24) is 24.6 Å². The Bertz CT molecular complexity index is 979. The summed E-state index contributed by atoms with van der Waals surface area (Å²) in [6.07, 6.45) is 6.67. The van der Waals surface area contributed by atoms with Gasteiger partial charge in [0.25, 0.3) is 0 Å². The molecule has 1 aromatic carbocycles. The number of carbonyl (C=O) groups excluding carboxylic acids is 1. The molecule has 0 radical (unpaired) electrons. The van der Waals surface area contributed by atoms with Crippen molar-refractivity contribution in [3.8, 4) is 17.1 Å². The van der Waals surface area contributed by atoms with Crippen LogP contribution >= 0.6 is 11.8 Å². The molecule has 2 aromatic heterocycles. The fourth-order valence-electron chi connectivity index (χ4n) is 3.64. The van der Waals surface area contributed by atoms with Crippen molar-refractivity contribution in [2.24, 2.45) is 5.92 Å². The fraction of sp³-hybridized carbons (Fsp3) is 0.391. The number of nitrogens with zero attached hydrogens (tertiary/aromatic N) is 5. The zero-order chi connectivity index (χ0) is 20.9. The van der Waals surface area contributed by atoms with Crippen LogP contribution in [0.25, 0.3) is 17.1 Å². The number of thioether (sulfide) groups is 1. The van der Waals surface area contributed by atoms with E-state index >= 15 is 0 Å². The van der Waals surface area contributed by atoms with Gasteiger partial charge in [0, 0.05) is 36.7 Å². The highest BCUT2D eigenvalue weighted by Gasteiger charge is 2.22. The van der Waals surface area contributed by atoms with Crippen LogP contribution in [-0.4, -0.2) is 49.4 Å². The number of hydrogen-bond acceptors (Lipinski definition) is 5. The lowest BCUT2D eigenvalue weighted by Gasteiger charge is -2.30. The number of pyridine rings is 1. The Labute approximate surface area is 181 Å². The largest absolute Gasteiger partial charge is 0.342 e. The van der Waals surface area contributed by atoms with Crippen molar-refractivity contribution in [2.45, 2.75) is 38.3 Å². The van der Waals surface area contributed by atoms with E-state index in [1.807, 2.05) is 21.6 Å². The fourth-order valence-corrected chi connectivity index (χ4v) is 4.50. The number of carbonyl (C=O) groups is 1. The molecule has 0 unspecified atom stereocenters. The minimum atomic E-state index is 0.174. The molecular weight excluding hydrogens is 394 g/mol. The number of aromatic nitrogens is 4. The number of likely N-dealkylation sites (tertiary alicyclic amines) is 1. The topological polar surface area (TPSA) is 63.9 Å². The Hall–Kier alpha value is -2.67. The number of rotatable bonds is 6. The smallest absolute Gasteiger partial charge is 0.233 e. The molecule has 7 heteroatoms. The third kappa shape index (κ3) is 4.56. The first-order valence-electron chi connectivity index (χ1n) is 10.5. The van der Waals surface area contributed by atoms with Gasteiger partial charge in [0.2, 0.25) is 5.91 Å². The molecule has 0 aliphatic carbocycles. The highest BCUT2D eigenvalue weighted by molar-refractivity contribution is 7.99. The number of benzene rings is 1. The molecule has 3 heterocycles. The molecule has 1 aliphatic heterocycles. The van der Waals surface area contributed by atoms with Crippen LogP contribution in [0, 0.1) is 5.92 Å². The van der Waals surface area contributed by atoms with E-state index < -0.39 is 0 Å². The zero-order valence-electron chi connectivity index (χ0n) is 17.5. The van der Waals surface area contributed by atoms with E-state index in [4.69, 9.17) is 0 Å². The van der Waals surface area contributed by atoms with Crippen LogP contribution in [0.4, 0.5) is 0 Å². The second-order valence-electron chi connectivity index (χ2n) is 7.75. The van der Waals surface area contributed by atoms with Crippen LogP contribution in [0.15, 0.2) is 53.9 Å². The van der Waals surface area contributed by atoms with Crippen LogP contribution in [-0.2, 0) is 11.2 Å². The third-order valence-corrected chi connectivity index (χ3v) is 6.55. The van der Waals surface area contributed by atoms with Gasteiger partial charge in [-0.2, -0.15) is 0 Å². The summed E-state index contributed by atoms with van der Waals surface area (Å²) < 4.78 is 2.03. The molecule has 0 spiro atoms. The van der Waals surface area contributed by atoms with Gasteiger partial charge in [-0.15, -0.1) is 10.2 Å². The van der Waals surface area contributed by atoms with Gasteiger partial charge in [0.15, 0.2) is 11.0 Å². The first-order valence-corrected chi connectivity index (χ1v) is 11.5. The first kappa shape index (κ1) is 20.6. The van der Waals surface area contributed by atoms with Crippen molar-refractivity contribution in [1.29, 1.82) is 0 Å². The van der Waals surface area contributed by atoms with E-state index in [1.54, 1.807) is 12.4 Å². The normalized spacial score (nSPS) is 14.8. The zero-order valence-corrected chi connectivity index (χ0v) is 18.3. The Morgan fingerprint density at radius 3 is 2.43 bits per heavy atom. The van der Waals surface area contributed by atoms with Crippen molar-refractivity contribution >= 4 is 17.7 Å². The van der Waals surface area contributed by atoms with Crippen molar-refractivity contribution in [3.05, 3.63) is 54.4 Å². The first-order chi connectivity index (χ1) is 14.7. The minimum absolute atomic E-state index is 0.174. The van der Waals surface area contributed by atoms with Crippen LogP contribution in [0.5, 0.6) is 0 Å². The predicted molar refractivity (Wildman–Crippen MR) is 120 cm³/mol. The summed E-state index contributed by atoms with van der Waals surface area (Å²) in [6, 6.07) is 12.3. The Balaban J connectivity index is 1.59. The molecule has 0 saturated carbocycles. The van der Waals surface area contributed by atoms with Crippen molar-refractivity contribution in [3.63, 3.8) is 0 Å². The maximum atomic E-state index is 12.7. The summed E-state index contributed by atoms with van der Waals surface area (Å²) in [5.41, 5.74) is 3.21. The van der Waals surface area contributed by atoms with Gasteiger partial charge >= 0.3 is 0 Å². The summed E-state index contributed by atoms with van der Waals surface area (Å²) in [6.45, 7) is 6.11. The molecule has 1 aliphatic rings. The molecule has 156 valence electrons. The second-order valence-corrected chi connectivity index (χ2v) is 8.69. The van der Waals surface area contributed by atoms with Gasteiger partial charge < -0.3 is 4.90 Å². The molecule has 4 rings (SSSR count). The highest BCUT2D eigenvalue weighted by atomic mass is 32.2. The minimum Gasteiger partial charge on any atom is -0.342 e. The summed E-state index contributed by atoms with van der Waals surface area (Å²) in [5, 5.41) is 9.60. The summed E-state index contributed by atoms with van der Waals surface area (Å²) in [4.78, 5) is 18.8. The molecule has 1 fully saturated rings. The maximum absolute atomic E-state index is 12.7. The van der Waals surface area contributed by atoms with Gasteiger partial charge in [-0.3, -0.25) is 14.3 Å². The SMILES string of the molecule is CCc1ccc(-n2c(SCC(=O)N3CCC(C)CC3)nnc2-c2ccncc2)cc1. The lowest BCUT2D eigenvalue weighted by atomic mass is 9.99. The molecular formula is C23H27N5OS. The number of piperidine rings is 1. The monoisotopic (exact) mass is 421 g/mol. The predicted octanol–water partition coefficient (Wildman–Crippen LogP) is 4.24. The van der Waals surface area contributed by atoms with Crippen molar-refractivity contribution in [2.75, 3.05) is 18.8 Å². The molecule has 30 heavy (non-hydrogen) atoms. The standard InChI is InChI=1S/C23H27N5OS/c1-3-18-4-6-20(7-5-18)28-22(19-8-12-24-13-9-19)25-26-23(28)30-16-21(29)27-14-10-17(2)11-15-27/h4-9,12-13,17H,3,10-11,14-16H2,1-2H3. The van der Waals surface area contributed by atoms with Crippen molar-refractivity contribution < 1.29 is 4.79 Å². The number of hydrogen-bond donors (Lipinski definition) is 0. The van der Waals surface area contributed by atoms with E-state index in [-0.39, 0.29) is 5.91 Å².